The Hall–Kier alpha value is -2.17. The average molecular weight is 281 g/mol. The number of hydrogen-bond acceptors (Lipinski definition) is 5. The van der Waals surface area contributed by atoms with E-state index in [0.717, 1.165) is 35.2 Å². The molecule has 2 bridgehead atoms. The summed E-state index contributed by atoms with van der Waals surface area (Å²) < 4.78 is 0. The van der Waals surface area contributed by atoms with E-state index in [-0.39, 0.29) is 0 Å². The highest BCUT2D eigenvalue weighted by Crippen LogP contribution is 2.39. The molecule has 1 saturated carbocycles. The summed E-state index contributed by atoms with van der Waals surface area (Å²) in [6.45, 7) is 3.02. The molecule has 2 aromatic heterocycles. The largest absolute Gasteiger partial charge is 0.397 e. The Morgan fingerprint density at radius 2 is 1.86 bits per heavy atom. The summed E-state index contributed by atoms with van der Waals surface area (Å²) in [5.41, 5.74) is 9.40. The van der Waals surface area contributed by atoms with E-state index in [9.17, 15) is 0 Å². The van der Waals surface area contributed by atoms with Crippen molar-refractivity contribution in [1.29, 1.82) is 0 Å². The average Bonchev–Trinajstić information content (AvgIpc) is 3.13. The number of fused-ring (bicyclic) bond motifs is 2. The SMILES string of the molecule is Cc1ncc(-c2cnc(N3CC4CCC3C4)nc2)cc1N. The molecule has 0 aromatic carbocycles. The molecule has 0 spiro atoms. The lowest BCUT2D eigenvalue weighted by atomic mass is 10.1. The van der Waals surface area contributed by atoms with E-state index in [0.29, 0.717) is 11.7 Å². The van der Waals surface area contributed by atoms with Gasteiger partial charge in [0.25, 0.3) is 0 Å². The highest BCUT2D eigenvalue weighted by molar-refractivity contribution is 5.66. The molecular weight excluding hydrogens is 262 g/mol. The molecule has 5 heteroatoms. The second kappa shape index (κ2) is 4.69. The predicted octanol–water partition coefficient (Wildman–Crippen LogP) is 2.42. The van der Waals surface area contributed by atoms with Gasteiger partial charge in [-0.05, 0) is 38.2 Å². The highest BCUT2D eigenvalue weighted by Gasteiger charge is 2.38. The third-order valence-electron chi connectivity index (χ3n) is 4.76. The minimum Gasteiger partial charge on any atom is -0.397 e. The molecule has 2 atom stereocenters. The lowest BCUT2D eigenvalue weighted by Crippen LogP contribution is -2.33. The van der Waals surface area contributed by atoms with Gasteiger partial charge in [-0.25, -0.2) is 9.97 Å². The minimum atomic E-state index is 0.650. The maximum absolute atomic E-state index is 5.92. The molecule has 108 valence electrons. The Bertz CT molecular complexity index is 667. The van der Waals surface area contributed by atoms with Gasteiger partial charge in [0.2, 0.25) is 5.95 Å². The minimum absolute atomic E-state index is 0.650. The first kappa shape index (κ1) is 12.6. The van der Waals surface area contributed by atoms with E-state index in [1.807, 2.05) is 31.6 Å². The summed E-state index contributed by atoms with van der Waals surface area (Å²) >= 11 is 0. The predicted molar refractivity (Wildman–Crippen MR) is 82.9 cm³/mol. The summed E-state index contributed by atoms with van der Waals surface area (Å²) in [4.78, 5) is 15.8. The van der Waals surface area contributed by atoms with Gasteiger partial charge in [-0.15, -0.1) is 0 Å². The lowest BCUT2D eigenvalue weighted by Gasteiger charge is -2.26. The molecule has 1 aliphatic heterocycles. The second-order valence-electron chi connectivity index (χ2n) is 6.16. The van der Waals surface area contributed by atoms with Crippen LogP contribution >= 0.6 is 0 Å². The number of nitrogens with two attached hydrogens (primary N) is 1. The smallest absolute Gasteiger partial charge is 0.225 e. The van der Waals surface area contributed by atoms with Crippen LogP contribution in [0.25, 0.3) is 11.1 Å². The van der Waals surface area contributed by atoms with Crippen LogP contribution in [0, 0.1) is 12.8 Å². The summed E-state index contributed by atoms with van der Waals surface area (Å²) in [5.74, 6) is 1.71. The maximum atomic E-state index is 5.92. The summed E-state index contributed by atoms with van der Waals surface area (Å²) in [7, 11) is 0. The van der Waals surface area contributed by atoms with Crippen LogP contribution in [-0.2, 0) is 0 Å². The fraction of sp³-hybridized carbons (Fsp3) is 0.438. The van der Waals surface area contributed by atoms with Crippen molar-refractivity contribution < 1.29 is 0 Å². The fourth-order valence-electron chi connectivity index (χ4n) is 3.50. The van der Waals surface area contributed by atoms with E-state index < -0.39 is 0 Å². The molecule has 21 heavy (non-hydrogen) atoms. The van der Waals surface area contributed by atoms with Gasteiger partial charge in [0.05, 0.1) is 11.4 Å². The fourth-order valence-corrected chi connectivity index (χ4v) is 3.50. The van der Waals surface area contributed by atoms with E-state index in [1.54, 1.807) is 0 Å². The molecule has 2 unspecified atom stereocenters. The van der Waals surface area contributed by atoms with Crippen LogP contribution in [0.4, 0.5) is 11.6 Å². The van der Waals surface area contributed by atoms with Gasteiger partial charge in [0, 0.05) is 42.3 Å². The third-order valence-corrected chi connectivity index (χ3v) is 4.76. The monoisotopic (exact) mass is 281 g/mol. The van der Waals surface area contributed by atoms with E-state index in [4.69, 9.17) is 5.73 Å². The van der Waals surface area contributed by atoms with E-state index >= 15 is 0 Å². The van der Waals surface area contributed by atoms with Gasteiger partial charge in [-0.2, -0.15) is 0 Å². The summed E-state index contributed by atoms with van der Waals surface area (Å²) in [6.07, 6.45) is 9.54. The molecular formula is C16H19N5. The first-order valence-electron chi connectivity index (χ1n) is 7.52. The van der Waals surface area contributed by atoms with Crippen molar-refractivity contribution in [2.45, 2.75) is 32.2 Å². The number of pyridine rings is 1. The number of aryl methyl sites for hydroxylation is 1. The van der Waals surface area contributed by atoms with Crippen molar-refractivity contribution in [2.24, 2.45) is 5.92 Å². The number of nitrogen functional groups attached to an aromatic ring is 1. The number of anilines is 2. The van der Waals surface area contributed by atoms with Gasteiger partial charge in [0.15, 0.2) is 0 Å². The first-order valence-corrected chi connectivity index (χ1v) is 7.52. The zero-order valence-electron chi connectivity index (χ0n) is 12.2. The van der Waals surface area contributed by atoms with Crippen LogP contribution in [0.5, 0.6) is 0 Å². The molecule has 5 nitrogen and oxygen atoms in total. The zero-order chi connectivity index (χ0) is 14.4. The van der Waals surface area contributed by atoms with Crippen LogP contribution < -0.4 is 10.6 Å². The summed E-state index contributed by atoms with van der Waals surface area (Å²) in [6, 6.07) is 2.58. The molecule has 2 aromatic rings. The Kier molecular flexibility index (Phi) is 2.80. The third kappa shape index (κ3) is 2.13. The van der Waals surface area contributed by atoms with Crippen molar-refractivity contribution in [3.8, 4) is 11.1 Å². The van der Waals surface area contributed by atoms with Crippen molar-refractivity contribution in [3.63, 3.8) is 0 Å². The molecule has 4 rings (SSSR count). The number of nitrogens with zero attached hydrogens (tertiary/aromatic N) is 4. The van der Waals surface area contributed by atoms with Crippen LogP contribution in [0.15, 0.2) is 24.7 Å². The highest BCUT2D eigenvalue weighted by atomic mass is 15.3. The molecule has 0 amide bonds. The van der Waals surface area contributed by atoms with Crippen LogP contribution in [0.1, 0.15) is 25.0 Å². The molecule has 2 fully saturated rings. The van der Waals surface area contributed by atoms with Crippen molar-refractivity contribution in [3.05, 3.63) is 30.4 Å². The molecule has 3 heterocycles. The molecule has 1 aliphatic carbocycles. The Morgan fingerprint density at radius 3 is 2.48 bits per heavy atom. The summed E-state index contributed by atoms with van der Waals surface area (Å²) in [5, 5.41) is 0. The Balaban J connectivity index is 1.60. The Morgan fingerprint density at radius 1 is 1.10 bits per heavy atom. The van der Waals surface area contributed by atoms with Crippen LogP contribution in [-0.4, -0.2) is 27.5 Å². The second-order valence-corrected chi connectivity index (χ2v) is 6.16. The number of rotatable bonds is 2. The van der Waals surface area contributed by atoms with Crippen molar-refractivity contribution >= 4 is 11.6 Å². The van der Waals surface area contributed by atoms with Gasteiger partial charge >= 0.3 is 0 Å². The van der Waals surface area contributed by atoms with Gasteiger partial charge in [0.1, 0.15) is 0 Å². The zero-order valence-corrected chi connectivity index (χ0v) is 12.2. The topological polar surface area (TPSA) is 67.9 Å². The van der Waals surface area contributed by atoms with Crippen molar-refractivity contribution in [2.75, 3.05) is 17.2 Å². The molecule has 1 saturated heterocycles. The Labute approximate surface area is 124 Å². The van der Waals surface area contributed by atoms with E-state index in [1.165, 1.54) is 19.3 Å². The lowest BCUT2D eigenvalue weighted by molar-refractivity contribution is 0.546. The molecule has 2 N–H and O–H groups in total. The van der Waals surface area contributed by atoms with Crippen LogP contribution in [0.3, 0.4) is 0 Å². The van der Waals surface area contributed by atoms with Gasteiger partial charge < -0.3 is 10.6 Å². The number of aromatic nitrogens is 3. The standard InChI is InChI=1S/C16H19N5/c1-10-15(17)5-12(6-18-10)13-7-19-16(20-8-13)21-9-11-2-3-14(21)4-11/h5-8,11,14H,2-4,9,17H2,1H3. The normalized spacial score (nSPS) is 23.8. The van der Waals surface area contributed by atoms with Gasteiger partial charge in [-0.3, -0.25) is 4.98 Å². The van der Waals surface area contributed by atoms with Crippen molar-refractivity contribution in [1.82, 2.24) is 15.0 Å². The van der Waals surface area contributed by atoms with Crippen LogP contribution in [0.2, 0.25) is 0 Å². The molecule has 0 radical (unpaired) electrons. The maximum Gasteiger partial charge on any atom is 0.225 e. The molecule has 2 aliphatic rings. The first-order chi connectivity index (χ1) is 10.2. The van der Waals surface area contributed by atoms with Gasteiger partial charge in [-0.1, -0.05) is 0 Å². The number of piperidine rings is 1. The van der Waals surface area contributed by atoms with E-state index in [2.05, 4.69) is 19.9 Å². The quantitative estimate of drug-likeness (QED) is 0.915. The number of hydrogen-bond donors (Lipinski definition) is 1.